The van der Waals surface area contributed by atoms with Crippen LogP contribution in [-0.4, -0.2) is 0 Å². The van der Waals surface area contributed by atoms with Gasteiger partial charge >= 0.3 is 0 Å². The van der Waals surface area contributed by atoms with Crippen LogP contribution in [0.2, 0.25) is 0 Å². The van der Waals surface area contributed by atoms with Crippen molar-refractivity contribution < 1.29 is 0 Å². The van der Waals surface area contributed by atoms with E-state index in [1.807, 2.05) is 0 Å². The zero-order valence-electron chi connectivity index (χ0n) is 4.57. The Balaban J connectivity index is 2.53. The highest BCUT2D eigenvalue weighted by atomic mass is 14.4. The molecule has 0 heterocycles. The van der Waals surface area contributed by atoms with Gasteiger partial charge in [-0.2, -0.15) is 0 Å². The highest BCUT2D eigenvalue weighted by Crippen LogP contribution is 2.53. The van der Waals surface area contributed by atoms with Gasteiger partial charge in [-0.15, -0.1) is 0 Å². The Labute approximate surface area is 48.2 Å². The van der Waals surface area contributed by atoms with Gasteiger partial charge in [-0.05, 0) is 35.1 Å². The quantitative estimate of drug-likeness (QED) is 0.438. The summed E-state index contributed by atoms with van der Waals surface area (Å²) in [6, 6.07) is 0. The summed E-state index contributed by atoms with van der Waals surface area (Å²) in [6.07, 6.45) is 7.12. The van der Waals surface area contributed by atoms with Crippen LogP contribution >= 0.6 is 0 Å². The SMILES string of the molecule is C1=CC2=C3CC3=C1C2. The fraction of sp³-hybridized carbons (Fsp3) is 0.250. The molecule has 0 heteroatoms. The molecule has 0 N–H and O–H groups in total. The van der Waals surface area contributed by atoms with Crippen LogP contribution in [0.25, 0.3) is 0 Å². The Morgan fingerprint density at radius 1 is 0.875 bits per heavy atom. The molecule has 1 fully saturated rings. The molecule has 0 unspecified atom stereocenters. The van der Waals surface area contributed by atoms with E-state index in [2.05, 4.69) is 12.2 Å². The van der Waals surface area contributed by atoms with Crippen LogP contribution in [0.4, 0.5) is 0 Å². The molecule has 0 radical (unpaired) electrons. The van der Waals surface area contributed by atoms with Crippen molar-refractivity contribution >= 4 is 0 Å². The predicted molar refractivity (Wildman–Crippen MR) is 32.4 cm³/mol. The summed E-state index contributed by atoms with van der Waals surface area (Å²) in [5, 5.41) is 0. The maximum atomic E-state index is 2.27. The van der Waals surface area contributed by atoms with Crippen LogP contribution in [0.3, 0.4) is 0 Å². The third kappa shape index (κ3) is 0.188. The second-order valence-electron chi connectivity index (χ2n) is 2.69. The molecule has 1 saturated carbocycles. The van der Waals surface area contributed by atoms with Gasteiger partial charge in [0.1, 0.15) is 0 Å². The molecular formula is C8H6. The molecular weight excluding hydrogens is 96.1 g/mol. The lowest BCUT2D eigenvalue weighted by atomic mass is 10.2. The number of hydrogen-bond donors (Lipinski definition) is 0. The molecule has 0 saturated heterocycles. The third-order valence-corrected chi connectivity index (χ3v) is 2.23. The van der Waals surface area contributed by atoms with Gasteiger partial charge in [0.2, 0.25) is 0 Å². The molecule has 0 atom stereocenters. The van der Waals surface area contributed by atoms with E-state index in [0.29, 0.717) is 0 Å². The molecule has 0 spiro atoms. The molecule has 0 aliphatic heterocycles. The minimum atomic E-state index is 1.27. The highest BCUT2D eigenvalue weighted by molar-refractivity contribution is 5.71. The summed E-state index contributed by atoms with van der Waals surface area (Å²) in [6.45, 7) is 0. The van der Waals surface area contributed by atoms with Gasteiger partial charge in [0.25, 0.3) is 0 Å². The molecule has 0 aromatic carbocycles. The van der Waals surface area contributed by atoms with Crippen molar-refractivity contribution in [2.45, 2.75) is 12.8 Å². The van der Waals surface area contributed by atoms with Crippen LogP contribution in [0.1, 0.15) is 12.8 Å². The average molecular weight is 102 g/mol. The van der Waals surface area contributed by atoms with E-state index in [9.17, 15) is 0 Å². The molecule has 3 rings (SSSR count). The van der Waals surface area contributed by atoms with Crippen molar-refractivity contribution in [3.05, 3.63) is 34.4 Å². The number of rotatable bonds is 0. The minimum Gasteiger partial charge on any atom is -0.0581 e. The summed E-state index contributed by atoms with van der Waals surface area (Å²) in [4.78, 5) is 0. The second kappa shape index (κ2) is 0.732. The highest BCUT2D eigenvalue weighted by Gasteiger charge is 2.35. The van der Waals surface area contributed by atoms with Gasteiger partial charge in [-0.25, -0.2) is 0 Å². The van der Waals surface area contributed by atoms with Crippen LogP contribution in [0.5, 0.6) is 0 Å². The average Bonchev–Trinajstić information content (AvgIpc) is 2.39. The predicted octanol–water partition coefficient (Wildman–Crippen LogP) is 1.96. The van der Waals surface area contributed by atoms with Gasteiger partial charge in [0.15, 0.2) is 0 Å². The van der Waals surface area contributed by atoms with Crippen LogP contribution in [-0.2, 0) is 0 Å². The van der Waals surface area contributed by atoms with Crippen molar-refractivity contribution in [2.24, 2.45) is 0 Å². The second-order valence-corrected chi connectivity index (χ2v) is 2.69. The smallest absolute Gasteiger partial charge is 0.00142 e. The Hall–Kier alpha value is -0.780. The summed E-state index contributed by atoms with van der Waals surface area (Å²) in [7, 11) is 0. The van der Waals surface area contributed by atoms with Crippen LogP contribution < -0.4 is 0 Å². The van der Waals surface area contributed by atoms with Gasteiger partial charge in [-0.1, -0.05) is 12.2 Å². The van der Waals surface area contributed by atoms with Gasteiger partial charge in [-0.3, -0.25) is 0 Å². The zero-order valence-corrected chi connectivity index (χ0v) is 4.57. The molecule has 38 valence electrons. The number of hydrogen-bond acceptors (Lipinski definition) is 0. The van der Waals surface area contributed by atoms with E-state index in [1.165, 1.54) is 12.8 Å². The summed E-state index contributed by atoms with van der Waals surface area (Å²) < 4.78 is 0. The lowest BCUT2D eigenvalue weighted by Gasteiger charge is -1.83. The van der Waals surface area contributed by atoms with E-state index in [-0.39, 0.29) is 0 Å². The molecule has 0 aromatic rings. The van der Waals surface area contributed by atoms with Crippen molar-refractivity contribution in [1.82, 2.24) is 0 Å². The fourth-order valence-corrected chi connectivity index (χ4v) is 1.69. The van der Waals surface area contributed by atoms with Gasteiger partial charge in [0, 0.05) is 0 Å². The molecule has 0 aromatic heterocycles. The van der Waals surface area contributed by atoms with Crippen LogP contribution in [0, 0.1) is 0 Å². The molecule has 0 amide bonds. The summed E-state index contributed by atoms with van der Waals surface area (Å²) in [5.41, 5.74) is 6.55. The van der Waals surface area contributed by atoms with Gasteiger partial charge < -0.3 is 0 Å². The van der Waals surface area contributed by atoms with E-state index < -0.39 is 0 Å². The first-order valence-electron chi connectivity index (χ1n) is 3.07. The zero-order chi connectivity index (χ0) is 5.14. The molecule has 3 aliphatic carbocycles. The van der Waals surface area contributed by atoms with Crippen molar-refractivity contribution in [1.29, 1.82) is 0 Å². The molecule has 0 nitrogen and oxygen atoms in total. The number of fused-ring (bicyclic) bond motifs is 3. The standard InChI is InChI=1S/C8H6/c1-2-6-3-5(1)7-4-8(6)7/h1-2H,3-4H2. The van der Waals surface area contributed by atoms with E-state index in [0.717, 1.165) is 0 Å². The van der Waals surface area contributed by atoms with Gasteiger partial charge in [0.05, 0.1) is 0 Å². The van der Waals surface area contributed by atoms with E-state index in [4.69, 9.17) is 0 Å². The third-order valence-electron chi connectivity index (χ3n) is 2.23. The Kier molecular flexibility index (Phi) is 0.301. The maximum absolute atomic E-state index is 2.27. The minimum absolute atomic E-state index is 1.27. The van der Waals surface area contributed by atoms with E-state index in [1.54, 1.807) is 22.3 Å². The van der Waals surface area contributed by atoms with E-state index >= 15 is 0 Å². The summed E-state index contributed by atoms with van der Waals surface area (Å²) in [5.74, 6) is 0. The maximum Gasteiger partial charge on any atom is -0.00142 e. The topological polar surface area (TPSA) is 0 Å². The first-order chi connectivity index (χ1) is 3.95. The number of allylic oxidation sites excluding steroid dienone is 6. The van der Waals surface area contributed by atoms with Crippen molar-refractivity contribution in [3.63, 3.8) is 0 Å². The monoisotopic (exact) mass is 102 g/mol. The van der Waals surface area contributed by atoms with Crippen LogP contribution in [0.15, 0.2) is 34.4 Å². The molecule has 8 heavy (non-hydrogen) atoms. The van der Waals surface area contributed by atoms with Crippen molar-refractivity contribution in [2.75, 3.05) is 0 Å². The first-order valence-corrected chi connectivity index (χ1v) is 3.07. The Bertz CT molecular complexity index is 230. The molecule has 2 bridgehead atoms. The largest absolute Gasteiger partial charge is 0.0581 e. The normalized spacial score (nSPS) is 28.0. The first kappa shape index (κ1) is 3.29. The summed E-state index contributed by atoms with van der Waals surface area (Å²) >= 11 is 0. The Morgan fingerprint density at radius 2 is 1.50 bits per heavy atom. The van der Waals surface area contributed by atoms with Crippen molar-refractivity contribution in [3.8, 4) is 0 Å². The lowest BCUT2D eigenvalue weighted by molar-refractivity contribution is 1.26. The Morgan fingerprint density at radius 3 is 1.88 bits per heavy atom. The lowest BCUT2D eigenvalue weighted by Crippen LogP contribution is -1.65. The fourth-order valence-electron chi connectivity index (χ4n) is 1.69. The molecule has 3 aliphatic rings.